The van der Waals surface area contributed by atoms with Gasteiger partial charge < -0.3 is 10.1 Å². The van der Waals surface area contributed by atoms with Gasteiger partial charge in [0.2, 0.25) is 0 Å². The van der Waals surface area contributed by atoms with Crippen LogP contribution in [0.15, 0.2) is 48.8 Å². The number of rotatable bonds is 4. The Kier molecular flexibility index (Phi) is 5.18. The summed E-state index contributed by atoms with van der Waals surface area (Å²) >= 11 is 0. The van der Waals surface area contributed by atoms with Crippen molar-refractivity contribution in [2.45, 2.75) is 19.2 Å². The van der Waals surface area contributed by atoms with E-state index in [2.05, 4.69) is 10.3 Å². The fourth-order valence-electron chi connectivity index (χ4n) is 1.76. The van der Waals surface area contributed by atoms with E-state index in [9.17, 15) is 22.8 Å². The summed E-state index contributed by atoms with van der Waals surface area (Å²) in [6, 6.07) is 6.81. The van der Waals surface area contributed by atoms with E-state index in [1.807, 2.05) is 0 Å². The number of carbonyl (C=O) groups is 2. The van der Waals surface area contributed by atoms with Gasteiger partial charge in [0.05, 0.1) is 11.1 Å². The van der Waals surface area contributed by atoms with Gasteiger partial charge >= 0.3 is 12.1 Å². The summed E-state index contributed by atoms with van der Waals surface area (Å²) in [5.74, 6) is -1.36. The maximum absolute atomic E-state index is 12.5. The molecular weight excluding hydrogens is 325 g/mol. The number of nitrogens with one attached hydrogen (secondary N) is 1. The number of pyridine rings is 1. The molecule has 0 saturated carbocycles. The Labute approximate surface area is 135 Å². The summed E-state index contributed by atoms with van der Waals surface area (Å²) in [6.07, 6.45) is -2.75. The second-order valence-electron chi connectivity index (χ2n) is 4.85. The molecule has 0 bridgehead atoms. The average molecular weight is 338 g/mol. The quantitative estimate of drug-likeness (QED) is 0.869. The number of nitrogens with zero attached hydrogens (tertiary/aromatic N) is 1. The Balaban J connectivity index is 1.95. The Morgan fingerprint density at radius 2 is 1.67 bits per heavy atom. The van der Waals surface area contributed by atoms with Gasteiger partial charge in [-0.2, -0.15) is 13.2 Å². The normalized spacial score (nSPS) is 12.3. The second kappa shape index (κ2) is 7.12. The van der Waals surface area contributed by atoms with Gasteiger partial charge in [0.25, 0.3) is 5.91 Å². The first kappa shape index (κ1) is 17.5. The van der Waals surface area contributed by atoms with Gasteiger partial charge in [-0.05, 0) is 43.3 Å². The molecule has 2 aromatic rings. The van der Waals surface area contributed by atoms with E-state index < -0.39 is 29.7 Å². The van der Waals surface area contributed by atoms with E-state index in [0.717, 1.165) is 24.3 Å². The van der Waals surface area contributed by atoms with Gasteiger partial charge in [0.15, 0.2) is 6.10 Å². The maximum Gasteiger partial charge on any atom is 0.416 e. The molecular formula is C16H13F3N2O3. The van der Waals surface area contributed by atoms with Gasteiger partial charge in [-0.1, -0.05) is 0 Å². The number of hydrogen-bond acceptors (Lipinski definition) is 4. The van der Waals surface area contributed by atoms with Crippen LogP contribution in [0.3, 0.4) is 0 Å². The van der Waals surface area contributed by atoms with Crippen molar-refractivity contribution < 1.29 is 27.5 Å². The molecule has 1 amide bonds. The summed E-state index contributed by atoms with van der Waals surface area (Å²) in [4.78, 5) is 27.5. The van der Waals surface area contributed by atoms with Crippen molar-refractivity contribution >= 4 is 17.6 Å². The minimum Gasteiger partial charge on any atom is -0.449 e. The van der Waals surface area contributed by atoms with Crippen molar-refractivity contribution in [3.8, 4) is 0 Å². The molecule has 2 rings (SSSR count). The van der Waals surface area contributed by atoms with Crippen molar-refractivity contribution in [2.24, 2.45) is 0 Å². The van der Waals surface area contributed by atoms with Gasteiger partial charge in [-0.3, -0.25) is 9.78 Å². The van der Waals surface area contributed by atoms with Crippen molar-refractivity contribution in [3.05, 3.63) is 59.9 Å². The molecule has 24 heavy (non-hydrogen) atoms. The molecule has 126 valence electrons. The lowest BCUT2D eigenvalue weighted by atomic mass is 10.2. The lowest BCUT2D eigenvalue weighted by Gasteiger charge is -2.14. The molecule has 0 aliphatic carbocycles. The van der Waals surface area contributed by atoms with Crippen LogP contribution in [0.25, 0.3) is 0 Å². The monoisotopic (exact) mass is 338 g/mol. The predicted molar refractivity (Wildman–Crippen MR) is 79.2 cm³/mol. The first-order valence-corrected chi connectivity index (χ1v) is 6.86. The highest BCUT2D eigenvalue weighted by molar-refractivity contribution is 5.97. The molecule has 8 heteroatoms. The van der Waals surface area contributed by atoms with E-state index in [0.29, 0.717) is 0 Å². The number of aromatic nitrogens is 1. The largest absolute Gasteiger partial charge is 0.449 e. The van der Waals surface area contributed by atoms with Gasteiger partial charge in [-0.15, -0.1) is 0 Å². The molecule has 0 radical (unpaired) electrons. The summed E-state index contributed by atoms with van der Waals surface area (Å²) in [5, 5.41) is 2.38. The van der Waals surface area contributed by atoms with E-state index in [1.165, 1.54) is 31.5 Å². The first-order valence-electron chi connectivity index (χ1n) is 6.86. The summed E-state index contributed by atoms with van der Waals surface area (Å²) in [5.41, 5.74) is -0.420. The zero-order valence-electron chi connectivity index (χ0n) is 12.5. The number of ether oxygens (including phenoxy) is 1. The Morgan fingerprint density at radius 3 is 2.21 bits per heavy atom. The van der Waals surface area contributed by atoms with Crippen LogP contribution in [-0.2, 0) is 15.7 Å². The van der Waals surface area contributed by atoms with Crippen LogP contribution in [-0.4, -0.2) is 23.0 Å². The number of amides is 1. The third-order valence-electron chi connectivity index (χ3n) is 3.05. The number of alkyl halides is 3. The fraction of sp³-hybridized carbons (Fsp3) is 0.188. The van der Waals surface area contributed by atoms with Crippen molar-refractivity contribution in [2.75, 3.05) is 5.32 Å². The minimum atomic E-state index is -4.45. The fourth-order valence-corrected chi connectivity index (χ4v) is 1.76. The molecule has 0 aliphatic heterocycles. The van der Waals surface area contributed by atoms with Crippen LogP contribution in [0.2, 0.25) is 0 Å². The zero-order valence-corrected chi connectivity index (χ0v) is 12.5. The summed E-state index contributed by atoms with van der Waals surface area (Å²) in [6.45, 7) is 1.36. The smallest absolute Gasteiger partial charge is 0.416 e. The van der Waals surface area contributed by atoms with Crippen LogP contribution in [0.4, 0.5) is 18.9 Å². The van der Waals surface area contributed by atoms with E-state index in [-0.39, 0.29) is 11.3 Å². The molecule has 1 atom stereocenters. The van der Waals surface area contributed by atoms with Gasteiger partial charge in [-0.25, -0.2) is 4.79 Å². The van der Waals surface area contributed by atoms with E-state index in [1.54, 1.807) is 0 Å². The highest BCUT2D eigenvalue weighted by Gasteiger charge is 2.30. The number of halogens is 3. The molecule has 0 fully saturated rings. The molecule has 1 aromatic heterocycles. The number of anilines is 1. The first-order chi connectivity index (χ1) is 11.3. The molecule has 1 N–H and O–H groups in total. The third kappa shape index (κ3) is 4.55. The van der Waals surface area contributed by atoms with Crippen molar-refractivity contribution in [1.82, 2.24) is 4.98 Å². The number of benzene rings is 1. The molecule has 0 saturated heterocycles. The third-order valence-corrected chi connectivity index (χ3v) is 3.05. The van der Waals surface area contributed by atoms with Crippen LogP contribution < -0.4 is 5.32 Å². The summed E-state index contributed by atoms with van der Waals surface area (Å²) in [7, 11) is 0. The minimum absolute atomic E-state index is 0.166. The molecule has 0 aliphatic rings. The maximum atomic E-state index is 12.5. The predicted octanol–water partition coefficient (Wildman–Crippen LogP) is 3.28. The lowest BCUT2D eigenvalue weighted by Crippen LogP contribution is -2.30. The SMILES string of the molecule is C[C@H](OC(=O)c1ccncc1)C(=O)Nc1ccc(C(F)(F)F)cc1. The zero-order chi connectivity index (χ0) is 17.7. The highest BCUT2D eigenvalue weighted by atomic mass is 19.4. The van der Waals surface area contributed by atoms with Crippen molar-refractivity contribution in [1.29, 1.82) is 0 Å². The number of carbonyl (C=O) groups excluding carboxylic acids is 2. The van der Waals surface area contributed by atoms with Crippen molar-refractivity contribution in [3.63, 3.8) is 0 Å². The van der Waals surface area contributed by atoms with Crippen LogP contribution in [0.5, 0.6) is 0 Å². The van der Waals surface area contributed by atoms with Crippen LogP contribution in [0, 0.1) is 0 Å². The van der Waals surface area contributed by atoms with Gasteiger partial charge in [0, 0.05) is 18.1 Å². The molecule has 1 aromatic carbocycles. The molecule has 5 nitrogen and oxygen atoms in total. The standard InChI is InChI=1S/C16H13F3N2O3/c1-10(24-15(23)11-6-8-20-9-7-11)14(22)21-13-4-2-12(3-5-13)16(17,18)19/h2-10H,1H3,(H,21,22)/t10-/m0/s1. The molecule has 0 spiro atoms. The number of esters is 1. The molecule has 1 heterocycles. The Bertz CT molecular complexity index is 716. The van der Waals surface area contributed by atoms with Crippen LogP contribution >= 0.6 is 0 Å². The molecule has 0 unspecified atom stereocenters. The van der Waals surface area contributed by atoms with Gasteiger partial charge in [0.1, 0.15) is 0 Å². The van der Waals surface area contributed by atoms with E-state index >= 15 is 0 Å². The lowest BCUT2D eigenvalue weighted by molar-refractivity contribution is -0.137. The second-order valence-corrected chi connectivity index (χ2v) is 4.85. The highest BCUT2D eigenvalue weighted by Crippen LogP contribution is 2.29. The topological polar surface area (TPSA) is 68.3 Å². The summed E-state index contributed by atoms with van der Waals surface area (Å²) < 4.78 is 42.4. The Hall–Kier alpha value is -2.90. The Morgan fingerprint density at radius 1 is 1.08 bits per heavy atom. The van der Waals surface area contributed by atoms with Crippen LogP contribution in [0.1, 0.15) is 22.8 Å². The average Bonchev–Trinajstić information content (AvgIpc) is 2.55. The number of hydrogen-bond donors (Lipinski definition) is 1. The van der Waals surface area contributed by atoms with E-state index in [4.69, 9.17) is 4.74 Å².